The van der Waals surface area contributed by atoms with E-state index in [1.165, 1.54) is 0 Å². The van der Waals surface area contributed by atoms with Gasteiger partial charge in [0.05, 0.1) is 5.56 Å². The second kappa shape index (κ2) is 5.57. The lowest BCUT2D eigenvalue weighted by Gasteiger charge is -2.28. The van der Waals surface area contributed by atoms with Gasteiger partial charge in [-0.05, 0) is 31.9 Å². The van der Waals surface area contributed by atoms with E-state index in [1.54, 1.807) is 0 Å². The van der Waals surface area contributed by atoms with Crippen molar-refractivity contribution in [1.29, 1.82) is 0 Å². The molecular formula is C13H16ClF3N2. The zero-order chi connectivity index (χ0) is 14.0. The lowest BCUT2D eigenvalue weighted by molar-refractivity contribution is -0.137. The Bertz CT molecular complexity index is 448. The molecule has 0 saturated carbocycles. The molecule has 0 amide bonds. The van der Waals surface area contributed by atoms with E-state index >= 15 is 0 Å². The zero-order valence-corrected chi connectivity index (χ0v) is 11.4. The second-order valence-electron chi connectivity index (χ2n) is 4.93. The SMILES string of the molecule is CC1CCCCCN1c1cc(C(F)(F)F)cc(Cl)n1. The summed E-state index contributed by atoms with van der Waals surface area (Å²) in [6.45, 7) is 2.74. The molecule has 19 heavy (non-hydrogen) atoms. The number of alkyl halides is 3. The first-order valence-corrected chi connectivity index (χ1v) is 6.77. The number of hydrogen-bond donors (Lipinski definition) is 0. The van der Waals surface area contributed by atoms with Gasteiger partial charge in [-0.15, -0.1) is 0 Å². The number of pyridine rings is 1. The zero-order valence-electron chi connectivity index (χ0n) is 10.7. The maximum atomic E-state index is 12.8. The molecule has 1 saturated heterocycles. The van der Waals surface area contributed by atoms with Gasteiger partial charge in [0, 0.05) is 12.6 Å². The van der Waals surface area contributed by atoms with E-state index in [1.807, 2.05) is 11.8 Å². The van der Waals surface area contributed by atoms with Crippen LogP contribution in [0, 0.1) is 0 Å². The molecule has 2 heterocycles. The molecule has 1 aromatic rings. The van der Waals surface area contributed by atoms with Crippen LogP contribution in [0.3, 0.4) is 0 Å². The van der Waals surface area contributed by atoms with E-state index in [4.69, 9.17) is 11.6 Å². The minimum absolute atomic E-state index is 0.110. The van der Waals surface area contributed by atoms with E-state index in [9.17, 15) is 13.2 Å². The molecule has 1 aromatic heterocycles. The average molecular weight is 293 g/mol. The Labute approximate surface area is 115 Å². The summed E-state index contributed by atoms with van der Waals surface area (Å²) < 4.78 is 38.4. The van der Waals surface area contributed by atoms with Gasteiger partial charge in [0.1, 0.15) is 11.0 Å². The molecule has 0 aromatic carbocycles. The minimum atomic E-state index is -4.39. The monoisotopic (exact) mass is 292 g/mol. The Morgan fingerprint density at radius 1 is 1.26 bits per heavy atom. The van der Waals surface area contributed by atoms with Crippen LogP contribution >= 0.6 is 11.6 Å². The first-order chi connectivity index (χ1) is 8.88. The van der Waals surface area contributed by atoms with Crippen molar-refractivity contribution >= 4 is 17.4 Å². The Kier molecular flexibility index (Phi) is 4.23. The van der Waals surface area contributed by atoms with Crippen molar-refractivity contribution in [3.05, 3.63) is 22.8 Å². The van der Waals surface area contributed by atoms with Gasteiger partial charge in [-0.3, -0.25) is 0 Å². The summed E-state index contributed by atoms with van der Waals surface area (Å²) in [4.78, 5) is 5.98. The van der Waals surface area contributed by atoms with E-state index < -0.39 is 11.7 Å². The molecule has 106 valence electrons. The molecule has 0 bridgehead atoms. The van der Waals surface area contributed by atoms with E-state index in [0.29, 0.717) is 5.82 Å². The quantitative estimate of drug-likeness (QED) is 0.707. The predicted octanol–water partition coefficient (Wildman–Crippen LogP) is 4.52. The van der Waals surface area contributed by atoms with Crippen LogP contribution in [0.4, 0.5) is 19.0 Å². The molecule has 0 N–H and O–H groups in total. The fourth-order valence-electron chi connectivity index (χ4n) is 2.41. The third kappa shape index (κ3) is 3.53. The largest absolute Gasteiger partial charge is 0.416 e. The van der Waals surface area contributed by atoms with Crippen LogP contribution in [-0.4, -0.2) is 17.6 Å². The van der Waals surface area contributed by atoms with Gasteiger partial charge < -0.3 is 4.90 Å². The molecule has 0 aliphatic carbocycles. The summed E-state index contributed by atoms with van der Waals surface area (Å²) in [5, 5.41) is -0.110. The molecular weight excluding hydrogens is 277 g/mol. The number of nitrogens with zero attached hydrogens (tertiary/aromatic N) is 2. The van der Waals surface area contributed by atoms with E-state index in [0.717, 1.165) is 44.4 Å². The van der Waals surface area contributed by atoms with Gasteiger partial charge in [-0.2, -0.15) is 13.2 Å². The average Bonchev–Trinajstić information content (AvgIpc) is 2.52. The maximum Gasteiger partial charge on any atom is 0.416 e. The molecule has 6 heteroatoms. The molecule has 1 aliphatic heterocycles. The molecule has 1 fully saturated rings. The van der Waals surface area contributed by atoms with Crippen LogP contribution < -0.4 is 4.90 Å². The number of aromatic nitrogens is 1. The molecule has 1 atom stereocenters. The molecule has 0 radical (unpaired) electrons. The highest BCUT2D eigenvalue weighted by Gasteiger charge is 2.32. The maximum absolute atomic E-state index is 12.8. The van der Waals surface area contributed by atoms with Crippen molar-refractivity contribution in [2.75, 3.05) is 11.4 Å². The van der Waals surface area contributed by atoms with Crippen LogP contribution in [0.25, 0.3) is 0 Å². The molecule has 2 nitrogen and oxygen atoms in total. The number of halogens is 4. The number of hydrogen-bond acceptors (Lipinski definition) is 2. The van der Waals surface area contributed by atoms with Gasteiger partial charge in [0.25, 0.3) is 0 Å². The van der Waals surface area contributed by atoms with Crippen LogP contribution in [0.2, 0.25) is 5.15 Å². The van der Waals surface area contributed by atoms with Crippen molar-refractivity contribution in [1.82, 2.24) is 4.98 Å². The summed E-state index contributed by atoms with van der Waals surface area (Å²) in [6, 6.07) is 2.15. The van der Waals surface area contributed by atoms with Gasteiger partial charge in [-0.1, -0.05) is 24.4 Å². The number of anilines is 1. The first-order valence-electron chi connectivity index (χ1n) is 6.39. The minimum Gasteiger partial charge on any atom is -0.354 e. The molecule has 1 unspecified atom stereocenters. The van der Waals surface area contributed by atoms with Crippen molar-refractivity contribution in [3.63, 3.8) is 0 Å². The van der Waals surface area contributed by atoms with E-state index in [-0.39, 0.29) is 11.2 Å². The summed E-state index contributed by atoms with van der Waals surface area (Å²) in [5.41, 5.74) is -0.737. The molecule has 1 aliphatic rings. The topological polar surface area (TPSA) is 16.1 Å². The molecule has 2 rings (SSSR count). The Hall–Kier alpha value is -0.970. The summed E-state index contributed by atoms with van der Waals surface area (Å²) >= 11 is 5.73. The summed E-state index contributed by atoms with van der Waals surface area (Å²) in [6.07, 6.45) is -0.246. The lowest BCUT2D eigenvalue weighted by Crippen LogP contribution is -2.33. The highest BCUT2D eigenvalue weighted by Crippen LogP contribution is 2.34. The lowest BCUT2D eigenvalue weighted by atomic mass is 10.1. The highest BCUT2D eigenvalue weighted by atomic mass is 35.5. The Morgan fingerprint density at radius 2 is 2.00 bits per heavy atom. The summed E-state index contributed by atoms with van der Waals surface area (Å²) in [7, 11) is 0. The Balaban J connectivity index is 2.35. The van der Waals surface area contributed by atoms with Crippen molar-refractivity contribution < 1.29 is 13.2 Å². The van der Waals surface area contributed by atoms with Crippen LogP contribution in [-0.2, 0) is 6.18 Å². The highest BCUT2D eigenvalue weighted by molar-refractivity contribution is 6.29. The van der Waals surface area contributed by atoms with Gasteiger partial charge in [-0.25, -0.2) is 4.98 Å². The van der Waals surface area contributed by atoms with Crippen LogP contribution in [0.15, 0.2) is 12.1 Å². The number of rotatable bonds is 1. The van der Waals surface area contributed by atoms with Crippen molar-refractivity contribution in [2.45, 2.75) is 44.8 Å². The summed E-state index contributed by atoms with van der Waals surface area (Å²) in [5.74, 6) is 0.328. The van der Waals surface area contributed by atoms with Crippen molar-refractivity contribution in [3.8, 4) is 0 Å². The fourth-order valence-corrected chi connectivity index (χ4v) is 2.61. The standard InChI is InChI=1S/C13H16ClF3N2/c1-9-5-3-2-4-6-19(9)12-8-10(13(15,16)17)7-11(14)18-12/h7-9H,2-6H2,1H3. The Morgan fingerprint density at radius 3 is 2.68 bits per heavy atom. The van der Waals surface area contributed by atoms with Gasteiger partial charge >= 0.3 is 6.18 Å². The normalized spacial score (nSPS) is 21.3. The smallest absolute Gasteiger partial charge is 0.354 e. The van der Waals surface area contributed by atoms with Crippen molar-refractivity contribution in [2.24, 2.45) is 0 Å². The second-order valence-corrected chi connectivity index (χ2v) is 5.31. The van der Waals surface area contributed by atoms with E-state index in [2.05, 4.69) is 4.98 Å². The predicted molar refractivity (Wildman–Crippen MR) is 69.5 cm³/mol. The van der Waals surface area contributed by atoms with Gasteiger partial charge in [0.15, 0.2) is 0 Å². The molecule has 0 spiro atoms. The fraction of sp³-hybridized carbons (Fsp3) is 0.615. The first kappa shape index (κ1) is 14.4. The van der Waals surface area contributed by atoms with Crippen LogP contribution in [0.1, 0.15) is 38.2 Å². The van der Waals surface area contributed by atoms with Gasteiger partial charge in [0.2, 0.25) is 0 Å². The van der Waals surface area contributed by atoms with Crippen LogP contribution in [0.5, 0.6) is 0 Å². The third-order valence-electron chi connectivity index (χ3n) is 3.46. The third-order valence-corrected chi connectivity index (χ3v) is 3.65.